The summed E-state index contributed by atoms with van der Waals surface area (Å²) in [6.45, 7) is 6.92. The fourth-order valence-corrected chi connectivity index (χ4v) is 3.61. The first-order valence-electron chi connectivity index (χ1n) is 9.26. The van der Waals surface area contributed by atoms with Gasteiger partial charge in [-0.05, 0) is 35.7 Å². The Balaban J connectivity index is 1.33. The average Bonchev–Trinajstić information content (AvgIpc) is 3.13. The van der Waals surface area contributed by atoms with Gasteiger partial charge in [-0.25, -0.2) is 0 Å². The van der Waals surface area contributed by atoms with Crippen LogP contribution < -0.4 is 4.90 Å². The molecule has 2 aromatic carbocycles. The smallest absolute Gasteiger partial charge is 0.322 e. The highest BCUT2D eigenvalue weighted by molar-refractivity contribution is 6.30. The summed E-state index contributed by atoms with van der Waals surface area (Å²) >= 11 is 6.04. The Kier molecular flexibility index (Phi) is 5.41. The lowest BCUT2D eigenvalue weighted by Gasteiger charge is -2.33. The number of aromatic nitrogens is 2. The second-order valence-corrected chi connectivity index (χ2v) is 7.43. The lowest BCUT2D eigenvalue weighted by atomic mass is 10.1. The molecule has 1 aromatic heterocycles. The van der Waals surface area contributed by atoms with E-state index in [1.807, 2.05) is 24.3 Å². The molecule has 1 saturated heterocycles. The number of benzene rings is 2. The van der Waals surface area contributed by atoms with Crippen LogP contribution in [0.5, 0.6) is 0 Å². The molecule has 2 heterocycles. The molecule has 0 N–H and O–H groups in total. The second kappa shape index (κ2) is 8.11. The Labute approximate surface area is 164 Å². The van der Waals surface area contributed by atoms with Crippen LogP contribution in [-0.4, -0.2) is 41.2 Å². The molecule has 1 aliphatic rings. The summed E-state index contributed by atoms with van der Waals surface area (Å²) < 4.78 is 5.49. The van der Waals surface area contributed by atoms with E-state index in [9.17, 15) is 0 Å². The van der Waals surface area contributed by atoms with Crippen molar-refractivity contribution in [1.82, 2.24) is 15.0 Å². The van der Waals surface area contributed by atoms with Gasteiger partial charge in [0.05, 0.1) is 0 Å². The van der Waals surface area contributed by atoms with Crippen LogP contribution in [0.25, 0.3) is 0 Å². The molecule has 0 saturated carbocycles. The van der Waals surface area contributed by atoms with Gasteiger partial charge in [0.25, 0.3) is 0 Å². The first-order chi connectivity index (χ1) is 13.2. The second-order valence-electron chi connectivity index (χ2n) is 6.99. The van der Waals surface area contributed by atoms with Crippen LogP contribution >= 0.6 is 11.6 Å². The van der Waals surface area contributed by atoms with Gasteiger partial charge in [0, 0.05) is 44.2 Å². The lowest BCUT2D eigenvalue weighted by molar-refractivity contribution is 0.242. The summed E-state index contributed by atoms with van der Waals surface area (Å²) in [4.78, 5) is 9.21. The average molecular weight is 383 g/mol. The summed E-state index contributed by atoms with van der Waals surface area (Å²) in [6.07, 6.45) is 0.622. The van der Waals surface area contributed by atoms with Gasteiger partial charge in [0.15, 0.2) is 5.82 Å². The number of anilines is 1. The van der Waals surface area contributed by atoms with E-state index in [0.717, 1.165) is 43.3 Å². The number of aryl methyl sites for hydroxylation is 1. The molecule has 0 aliphatic carbocycles. The maximum atomic E-state index is 6.04. The molecule has 5 nitrogen and oxygen atoms in total. The first kappa shape index (κ1) is 18.0. The molecule has 4 rings (SSSR count). The highest BCUT2D eigenvalue weighted by Gasteiger charge is 2.22. The normalized spacial score (nSPS) is 15.3. The van der Waals surface area contributed by atoms with E-state index in [2.05, 4.69) is 51.1 Å². The molecular formula is C21H23ClN4O. The molecule has 0 radical (unpaired) electrons. The van der Waals surface area contributed by atoms with E-state index < -0.39 is 0 Å². The van der Waals surface area contributed by atoms with E-state index in [0.29, 0.717) is 18.3 Å². The van der Waals surface area contributed by atoms with Crippen molar-refractivity contribution in [3.63, 3.8) is 0 Å². The van der Waals surface area contributed by atoms with Gasteiger partial charge in [-0.3, -0.25) is 4.90 Å². The summed E-state index contributed by atoms with van der Waals surface area (Å²) in [5.41, 5.74) is 3.83. The molecule has 0 atom stereocenters. The molecule has 140 valence electrons. The van der Waals surface area contributed by atoms with Gasteiger partial charge in [0.2, 0.25) is 0 Å². The Morgan fingerprint density at radius 2 is 1.85 bits per heavy atom. The van der Waals surface area contributed by atoms with Crippen LogP contribution in [0.15, 0.2) is 53.1 Å². The Bertz CT molecular complexity index is 902. The van der Waals surface area contributed by atoms with Crippen LogP contribution in [0.1, 0.15) is 22.5 Å². The summed E-state index contributed by atoms with van der Waals surface area (Å²) in [5, 5.41) is 4.85. The first-order valence-corrected chi connectivity index (χ1v) is 9.64. The van der Waals surface area contributed by atoms with Gasteiger partial charge < -0.3 is 9.42 Å². The quantitative estimate of drug-likeness (QED) is 0.668. The third kappa shape index (κ3) is 4.49. The number of hydrogen-bond donors (Lipinski definition) is 0. The van der Waals surface area contributed by atoms with Crippen molar-refractivity contribution in [1.29, 1.82) is 0 Å². The molecule has 1 fully saturated rings. The van der Waals surface area contributed by atoms with Crippen molar-refractivity contribution in [2.75, 3.05) is 31.1 Å². The zero-order valence-electron chi connectivity index (χ0n) is 15.4. The molecule has 0 amide bonds. The van der Waals surface area contributed by atoms with E-state index >= 15 is 0 Å². The number of halogens is 1. The van der Waals surface area contributed by atoms with Gasteiger partial charge in [0.1, 0.15) is 0 Å². The molecule has 27 heavy (non-hydrogen) atoms. The number of rotatable bonds is 5. The standard InChI is InChI=1S/C21H23ClN4O/c1-16-5-2-3-7-18(16)15-25-9-11-26(12-10-25)21-23-20(24-27-21)14-17-6-4-8-19(22)13-17/h2-8,13H,9-12,14-15H2,1H3. The highest BCUT2D eigenvalue weighted by atomic mass is 35.5. The van der Waals surface area contributed by atoms with Crippen molar-refractivity contribution in [2.45, 2.75) is 19.9 Å². The molecule has 6 heteroatoms. The van der Waals surface area contributed by atoms with Crippen LogP contribution in [0.2, 0.25) is 5.02 Å². The minimum Gasteiger partial charge on any atom is -0.322 e. The van der Waals surface area contributed by atoms with Crippen molar-refractivity contribution >= 4 is 17.6 Å². The molecule has 0 spiro atoms. The molecule has 1 aliphatic heterocycles. The van der Waals surface area contributed by atoms with E-state index in [4.69, 9.17) is 16.1 Å². The van der Waals surface area contributed by atoms with Crippen molar-refractivity contribution < 1.29 is 4.52 Å². The number of piperazine rings is 1. The van der Waals surface area contributed by atoms with Gasteiger partial charge >= 0.3 is 6.01 Å². The summed E-state index contributed by atoms with van der Waals surface area (Å²) in [7, 11) is 0. The topological polar surface area (TPSA) is 45.4 Å². The Morgan fingerprint density at radius 1 is 1.04 bits per heavy atom. The SMILES string of the molecule is Cc1ccccc1CN1CCN(c2nc(Cc3cccc(Cl)c3)no2)CC1. The molecule has 0 bridgehead atoms. The van der Waals surface area contributed by atoms with Crippen molar-refractivity contribution in [3.8, 4) is 0 Å². The minimum atomic E-state index is 0.613. The fraction of sp³-hybridized carbons (Fsp3) is 0.333. The van der Waals surface area contributed by atoms with Crippen molar-refractivity contribution in [3.05, 3.63) is 76.1 Å². The van der Waals surface area contributed by atoms with Gasteiger partial charge in [-0.1, -0.05) is 53.2 Å². The predicted molar refractivity (Wildman–Crippen MR) is 107 cm³/mol. The van der Waals surface area contributed by atoms with E-state index in [1.54, 1.807) is 0 Å². The maximum absolute atomic E-state index is 6.04. The monoisotopic (exact) mass is 382 g/mol. The summed E-state index contributed by atoms with van der Waals surface area (Å²) in [6, 6.07) is 16.9. The van der Waals surface area contributed by atoms with E-state index in [-0.39, 0.29) is 0 Å². The zero-order valence-corrected chi connectivity index (χ0v) is 16.2. The lowest BCUT2D eigenvalue weighted by Crippen LogP contribution is -2.46. The highest BCUT2D eigenvalue weighted by Crippen LogP contribution is 2.19. The largest absolute Gasteiger partial charge is 0.324 e. The van der Waals surface area contributed by atoms with Gasteiger partial charge in [-0.15, -0.1) is 0 Å². The third-order valence-corrected chi connectivity index (χ3v) is 5.24. The number of hydrogen-bond acceptors (Lipinski definition) is 5. The van der Waals surface area contributed by atoms with Crippen LogP contribution in [-0.2, 0) is 13.0 Å². The molecule has 3 aromatic rings. The molecule has 0 unspecified atom stereocenters. The minimum absolute atomic E-state index is 0.613. The summed E-state index contributed by atoms with van der Waals surface area (Å²) in [5.74, 6) is 0.689. The van der Waals surface area contributed by atoms with E-state index in [1.165, 1.54) is 11.1 Å². The Hall–Kier alpha value is -2.37. The van der Waals surface area contributed by atoms with Gasteiger partial charge in [-0.2, -0.15) is 4.98 Å². The van der Waals surface area contributed by atoms with Crippen molar-refractivity contribution in [2.24, 2.45) is 0 Å². The predicted octanol–water partition coefficient (Wildman–Crippen LogP) is 3.94. The molecular weight excluding hydrogens is 360 g/mol. The van der Waals surface area contributed by atoms with Crippen LogP contribution in [0.4, 0.5) is 6.01 Å². The maximum Gasteiger partial charge on any atom is 0.324 e. The fourth-order valence-electron chi connectivity index (χ4n) is 3.40. The Morgan fingerprint density at radius 3 is 2.63 bits per heavy atom. The number of nitrogens with zero attached hydrogens (tertiary/aromatic N) is 4. The zero-order chi connectivity index (χ0) is 18.6. The third-order valence-electron chi connectivity index (χ3n) is 5.01. The van der Waals surface area contributed by atoms with Crippen LogP contribution in [0.3, 0.4) is 0 Å². The van der Waals surface area contributed by atoms with Crippen LogP contribution in [0, 0.1) is 6.92 Å².